The van der Waals surface area contributed by atoms with Crippen LogP contribution in [0.5, 0.6) is 0 Å². The number of carbonyl (C=O) groups is 4. The molecule has 1 aromatic carbocycles. The second-order valence-corrected chi connectivity index (χ2v) is 10.8. The van der Waals surface area contributed by atoms with Gasteiger partial charge in [-0.2, -0.15) is 0 Å². The average Bonchev–Trinajstić information content (AvgIpc) is 3.22. The maximum absolute atomic E-state index is 12.8. The van der Waals surface area contributed by atoms with Crippen molar-refractivity contribution in [1.82, 2.24) is 4.90 Å². The molecule has 2 rings (SSSR count). The molecule has 0 radical (unpaired) electrons. The van der Waals surface area contributed by atoms with Crippen molar-refractivity contribution in [3.05, 3.63) is 40.7 Å². The lowest BCUT2D eigenvalue weighted by atomic mass is 9.98. The molecule has 1 N–H and O–H groups in total. The van der Waals surface area contributed by atoms with Gasteiger partial charge in [-0.05, 0) is 38.5 Å². The molecule has 9 nitrogen and oxygen atoms in total. The van der Waals surface area contributed by atoms with Gasteiger partial charge in [-0.3, -0.25) is 14.5 Å². The molecule has 0 spiro atoms. The third-order valence-electron chi connectivity index (χ3n) is 7.09. The lowest BCUT2D eigenvalue weighted by Gasteiger charge is -2.16. The van der Waals surface area contributed by atoms with Gasteiger partial charge in [0.2, 0.25) is 11.8 Å². The minimum Gasteiger partial charge on any atom is -0.479 e. The predicted molar refractivity (Wildman–Crippen MR) is 163 cm³/mol. The molecule has 0 aromatic heterocycles. The molecule has 2 amide bonds. The Hall–Kier alpha value is -3.07. The van der Waals surface area contributed by atoms with Crippen molar-refractivity contribution in [2.24, 2.45) is 5.92 Å². The van der Waals surface area contributed by atoms with Gasteiger partial charge in [0.25, 0.3) is 0 Å². The van der Waals surface area contributed by atoms with E-state index in [1.54, 1.807) is 13.8 Å². The first-order valence-electron chi connectivity index (χ1n) is 15.4. The van der Waals surface area contributed by atoms with Crippen LogP contribution in [0.4, 0.5) is 5.69 Å². The van der Waals surface area contributed by atoms with E-state index in [0.717, 1.165) is 18.9 Å². The first-order chi connectivity index (χ1) is 20.3. The van der Waals surface area contributed by atoms with Crippen molar-refractivity contribution in [1.29, 1.82) is 0 Å². The van der Waals surface area contributed by atoms with Gasteiger partial charge in [-0.15, -0.1) is 0 Å². The van der Waals surface area contributed by atoms with Crippen molar-refractivity contribution < 1.29 is 33.4 Å². The molecule has 1 heterocycles. The summed E-state index contributed by atoms with van der Waals surface area (Å²) in [5, 5.41) is 3.19. The second-order valence-electron chi connectivity index (χ2n) is 10.4. The molecule has 0 aliphatic carbocycles. The van der Waals surface area contributed by atoms with Crippen molar-refractivity contribution >= 4 is 41.0 Å². The molecule has 1 fully saturated rings. The van der Waals surface area contributed by atoms with Crippen LogP contribution >= 0.6 is 11.6 Å². The highest BCUT2D eigenvalue weighted by molar-refractivity contribution is 6.33. The smallest absolute Gasteiger partial charge is 0.338 e. The molecule has 1 saturated heterocycles. The fourth-order valence-electron chi connectivity index (χ4n) is 4.84. The molecule has 1 aliphatic rings. The van der Waals surface area contributed by atoms with Crippen molar-refractivity contribution in [2.45, 2.75) is 97.8 Å². The lowest BCUT2D eigenvalue weighted by molar-refractivity contribution is -0.140. The van der Waals surface area contributed by atoms with E-state index in [-0.39, 0.29) is 62.0 Å². The fraction of sp³-hybridized carbons (Fsp3) is 0.625. The van der Waals surface area contributed by atoms with Crippen LogP contribution in [0.1, 0.15) is 108 Å². The van der Waals surface area contributed by atoms with Crippen molar-refractivity contribution in [3.63, 3.8) is 0 Å². The maximum atomic E-state index is 12.8. The van der Waals surface area contributed by atoms with Gasteiger partial charge in [-0.1, -0.05) is 82.7 Å². The molecule has 234 valence electrons. The Morgan fingerprint density at radius 1 is 0.929 bits per heavy atom. The summed E-state index contributed by atoms with van der Waals surface area (Å²) in [4.78, 5) is 51.0. The monoisotopic (exact) mass is 606 g/mol. The zero-order chi connectivity index (χ0) is 30.7. The van der Waals surface area contributed by atoms with E-state index in [2.05, 4.69) is 12.2 Å². The minimum absolute atomic E-state index is 0.0212. The number of imide groups is 1. The van der Waals surface area contributed by atoms with Crippen LogP contribution in [-0.4, -0.2) is 55.0 Å². The fourth-order valence-corrected chi connectivity index (χ4v) is 5.01. The average molecular weight is 607 g/mol. The number of anilines is 1. The molecule has 10 heteroatoms. The second kappa shape index (κ2) is 19.9. The summed E-state index contributed by atoms with van der Waals surface area (Å²) >= 11 is 6.27. The van der Waals surface area contributed by atoms with Crippen LogP contribution < -0.4 is 5.32 Å². The van der Waals surface area contributed by atoms with Gasteiger partial charge in [0.1, 0.15) is 6.61 Å². The summed E-state index contributed by atoms with van der Waals surface area (Å²) in [6.07, 6.45) is 14.3. The summed E-state index contributed by atoms with van der Waals surface area (Å²) < 4.78 is 15.7. The molecule has 1 aromatic rings. The van der Waals surface area contributed by atoms with E-state index < -0.39 is 11.9 Å². The number of esters is 2. The summed E-state index contributed by atoms with van der Waals surface area (Å²) in [7, 11) is 0. The largest absolute Gasteiger partial charge is 0.479 e. The standard InChI is InChI=1S/C32H47ClN2O7/c1-4-7-8-9-10-11-12-13-14-15-16-24-22-29(36)35(31(24)38)19-20-42-32(39)25-17-18-26(33)27(21-25)34-28(40-5-2)23-30(37)41-6-3/h17-18,21,23-24,34H,4-16,19-20,22H2,1-3H3. The number of halogens is 1. The molecule has 42 heavy (non-hydrogen) atoms. The zero-order valence-corrected chi connectivity index (χ0v) is 26.1. The number of hydrogen-bond donors (Lipinski definition) is 1. The highest BCUT2D eigenvalue weighted by atomic mass is 35.5. The summed E-state index contributed by atoms with van der Waals surface area (Å²) in [5.41, 5.74) is 0.529. The minimum atomic E-state index is -0.636. The summed E-state index contributed by atoms with van der Waals surface area (Å²) in [6, 6.07) is 4.48. The molecule has 1 aliphatic heterocycles. The van der Waals surface area contributed by atoms with Crippen molar-refractivity contribution in [2.75, 3.05) is 31.7 Å². The molecule has 0 saturated carbocycles. The van der Waals surface area contributed by atoms with Gasteiger partial charge >= 0.3 is 11.9 Å². The van der Waals surface area contributed by atoms with Crippen LogP contribution in [-0.2, 0) is 28.6 Å². The lowest BCUT2D eigenvalue weighted by Crippen LogP contribution is -2.34. The molecule has 1 unspecified atom stereocenters. The number of ether oxygens (including phenoxy) is 3. The number of likely N-dealkylation sites (tertiary alicyclic amines) is 1. The van der Waals surface area contributed by atoms with E-state index in [0.29, 0.717) is 17.1 Å². The number of rotatable bonds is 21. The van der Waals surface area contributed by atoms with E-state index in [1.807, 2.05) is 0 Å². The number of nitrogens with zero attached hydrogens (tertiary/aromatic N) is 1. The topological polar surface area (TPSA) is 111 Å². The number of benzene rings is 1. The van der Waals surface area contributed by atoms with Crippen LogP contribution in [0.25, 0.3) is 0 Å². The Morgan fingerprint density at radius 3 is 2.21 bits per heavy atom. The highest BCUT2D eigenvalue weighted by Gasteiger charge is 2.37. The van der Waals surface area contributed by atoms with Gasteiger partial charge in [0.15, 0.2) is 5.88 Å². The van der Waals surface area contributed by atoms with Crippen LogP contribution in [0.2, 0.25) is 5.02 Å². The number of nitrogens with one attached hydrogen (secondary N) is 1. The quantitative estimate of drug-likeness (QED) is 0.0521. The Balaban J connectivity index is 1.78. The summed E-state index contributed by atoms with van der Waals surface area (Å²) in [5.74, 6) is -1.79. The van der Waals surface area contributed by atoms with Gasteiger partial charge in [0, 0.05) is 12.3 Å². The number of hydrogen-bond acceptors (Lipinski definition) is 8. The van der Waals surface area contributed by atoms with Gasteiger partial charge in [0.05, 0.1) is 42.1 Å². The Bertz CT molecular complexity index is 1060. The predicted octanol–water partition coefficient (Wildman–Crippen LogP) is 7.04. The normalized spacial score (nSPS) is 15.2. The van der Waals surface area contributed by atoms with E-state index >= 15 is 0 Å². The third kappa shape index (κ3) is 12.4. The van der Waals surface area contributed by atoms with Crippen LogP contribution in [0.15, 0.2) is 30.2 Å². The Kier molecular flexibility index (Phi) is 16.7. The molecule has 1 atom stereocenters. The van der Waals surface area contributed by atoms with Crippen LogP contribution in [0, 0.1) is 5.92 Å². The maximum Gasteiger partial charge on any atom is 0.338 e. The van der Waals surface area contributed by atoms with Crippen molar-refractivity contribution in [3.8, 4) is 0 Å². The van der Waals surface area contributed by atoms with E-state index in [1.165, 1.54) is 74.5 Å². The first-order valence-corrected chi connectivity index (χ1v) is 15.8. The SMILES string of the molecule is CCCCCCCCCCCCC1CC(=O)N(CCOC(=O)c2ccc(Cl)c(NC(=CC(=O)OCC)OCC)c2)C1=O. The van der Waals surface area contributed by atoms with E-state index in [9.17, 15) is 19.2 Å². The molecular weight excluding hydrogens is 560 g/mol. The number of unbranched alkanes of at least 4 members (excludes halogenated alkanes) is 9. The molecular formula is C32H47ClN2O7. The number of amides is 2. The Morgan fingerprint density at radius 2 is 1.57 bits per heavy atom. The van der Waals surface area contributed by atoms with E-state index in [4.69, 9.17) is 25.8 Å². The van der Waals surface area contributed by atoms with Gasteiger partial charge < -0.3 is 19.5 Å². The third-order valence-corrected chi connectivity index (χ3v) is 7.42. The zero-order valence-electron chi connectivity index (χ0n) is 25.4. The highest BCUT2D eigenvalue weighted by Crippen LogP contribution is 2.27. The molecule has 0 bridgehead atoms. The van der Waals surface area contributed by atoms with Crippen LogP contribution in [0.3, 0.4) is 0 Å². The number of carbonyl (C=O) groups excluding carboxylic acids is 4. The van der Waals surface area contributed by atoms with Gasteiger partial charge in [-0.25, -0.2) is 9.59 Å². The Labute approximate surface area is 255 Å². The first kappa shape index (κ1) is 35.1. The summed E-state index contributed by atoms with van der Waals surface area (Å²) in [6.45, 7) is 6.08.